The number of hydrogen-bond acceptors (Lipinski definition) is 7. The molecule has 0 fully saturated rings. The molecule has 1 unspecified atom stereocenters. The van der Waals surface area contributed by atoms with Crippen LogP contribution in [0.5, 0.6) is 5.75 Å². The zero-order valence-corrected chi connectivity index (χ0v) is 16.5. The number of halogens is 1. The van der Waals surface area contributed by atoms with E-state index >= 15 is 0 Å². The first-order chi connectivity index (χ1) is 12.1. The van der Waals surface area contributed by atoms with Crippen LogP contribution in [0.4, 0.5) is 0 Å². The van der Waals surface area contributed by atoms with Crippen molar-refractivity contribution in [3.05, 3.63) is 29.5 Å². The molecule has 4 N–H and O–H groups in total. The number of esters is 2. The van der Waals surface area contributed by atoms with E-state index in [0.717, 1.165) is 0 Å². The number of phenols is 1. The molecule has 0 radical (unpaired) electrons. The number of aliphatic hydroxyl groups is 1. The van der Waals surface area contributed by atoms with E-state index in [1.165, 1.54) is 19.1 Å². The predicted molar refractivity (Wildman–Crippen MR) is 102 cm³/mol. The Bertz CT molecular complexity index is 812. The maximum Gasteiger partial charge on any atom is 0.357 e. The van der Waals surface area contributed by atoms with Crippen molar-refractivity contribution in [1.29, 1.82) is 0 Å². The van der Waals surface area contributed by atoms with E-state index < -0.39 is 24.8 Å². The highest BCUT2D eigenvalue weighted by atomic mass is 35.5. The van der Waals surface area contributed by atoms with Gasteiger partial charge >= 0.3 is 11.9 Å². The molecule has 8 nitrogen and oxygen atoms in total. The van der Waals surface area contributed by atoms with Gasteiger partial charge < -0.3 is 30.0 Å². The molecule has 0 aliphatic rings. The van der Waals surface area contributed by atoms with Gasteiger partial charge in [0.25, 0.3) is 0 Å². The first kappa shape index (κ1) is 22.8. The van der Waals surface area contributed by atoms with Crippen LogP contribution in [0.1, 0.15) is 49.9 Å². The zero-order chi connectivity index (χ0) is 19.5. The van der Waals surface area contributed by atoms with E-state index in [1.807, 2.05) is 20.8 Å². The van der Waals surface area contributed by atoms with Crippen LogP contribution in [-0.4, -0.2) is 46.0 Å². The van der Waals surface area contributed by atoms with Gasteiger partial charge in [-0.05, 0) is 38.5 Å². The molecule has 0 amide bonds. The molecule has 0 saturated carbocycles. The van der Waals surface area contributed by atoms with Crippen molar-refractivity contribution in [2.24, 2.45) is 0 Å². The van der Waals surface area contributed by atoms with Gasteiger partial charge in [0, 0.05) is 24.4 Å². The Labute approximate surface area is 163 Å². The van der Waals surface area contributed by atoms with Gasteiger partial charge in [0.1, 0.15) is 11.4 Å². The third kappa shape index (κ3) is 6.13. The predicted octanol–water partition coefficient (Wildman–Crippen LogP) is 2.39. The Hall–Kier alpha value is -2.29. The van der Waals surface area contributed by atoms with Crippen molar-refractivity contribution >= 4 is 35.2 Å². The fraction of sp³-hybridized carbons (Fsp3) is 0.444. The number of rotatable bonds is 6. The molecule has 0 spiro atoms. The number of aromatic hydroxyl groups is 1. The molecule has 1 heterocycles. The third-order valence-corrected chi connectivity index (χ3v) is 3.66. The van der Waals surface area contributed by atoms with Crippen LogP contribution in [0.25, 0.3) is 10.9 Å². The van der Waals surface area contributed by atoms with Crippen molar-refractivity contribution in [3.63, 3.8) is 0 Å². The zero-order valence-electron chi connectivity index (χ0n) is 15.7. The summed E-state index contributed by atoms with van der Waals surface area (Å²) >= 11 is 0. The molecule has 9 heteroatoms. The van der Waals surface area contributed by atoms with E-state index in [2.05, 4.69) is 15.0 Å². The number of aromatic nitrogens is 1. The molecule has 150 valence electrons. The molecule has 1 aromatic heterocycles. The van der Waals surface area contributed by atoms with Gasteiger partial charge in [0.05, 0.1) is 11.6 Å². The average Bonchev–Trinajstić information content (AvgIpc) is 2.98. The quantitative estimate of drug-likeness (QED) is 0.434. The van der Waals surface area contributed by atoms with Gasteiger partial charge in [-0.3, -0.25) is 4.79 Å². The fourth-order valence-corrected chi connectivity index (χ4v) is 2.38. The summed E-state index contributed by atoms with van der Waals surface area (Å²) in [4.78, 5) is 25.5. The second-order valence-corrected chi connectivity index (χ2v) is 6.98. The van der Waals surface area contributed by atoms with Gasteiger partial charge in [0.2, 0.25) is 6.79 Å². The number of aliphatic hydroxyl groups excluding tert-OH is 1. The molecular formula is C18H25ClN2O6. The van der Waals surface area contributed by atoms with Gasteiger partial charge in [0.15, 0.2) is 0 Å². The number of nitrogens with one attached hydrogen (secondary N) is 2. The largest absolute Gasteiger partial charge is 0.506 e. The number of fused-ring (bicyclic) bond motifs is 1. The highest BCUT2D eigenvalue weighted by Gasteiger charge is 2.20. The lowest BCUT2D eigenvalue weighted by molar-refractivity contribution is -0.149. The Morgan fingerprint density at radius 3 is 2.52 bits per heavy atom. The highest BCUT2D eigenvalue weighted by Crippen LogP contribution is 2.31. The number of phenolic OH excluding ortho intramolecular Hbond substituents is 1. The summed E-state index contributed by atoms with van der Waals surface area (Å²) < 4.78 is 9.40. The highest BCUT2D eigenvalue weighted by molar-refractivity contribution is 5.98. The average molecular weight is 401 g/mol. The topological polar surface area (TPSA) is 121 Å². The first-order valence-corrected chi connectivity index (χ1v) is 8.16. The van der Waals surface area contributed by atoms with Crippen molar-refractivity contribution < 1.29 is 29.3 Å². The number of hydrogen-bond donors (Lipinski definition) is 4. The van der Waals surface area contributed by atoms with E-state index in [4.69, 9.17) is 4.74 Å². The number of ether oxygens (including phenoxy) is 2. The number of benzene rings is 1. The van der Waals surface area contributed by atoms with E-state index in [-0.39, 0.29) is 29.4 Å². The van der Waals surface area contributed by atoms with Crippen LogP contribution in [0.15, 0.2) is 18.2 Å². The maximum absolute atomic E-state index is 12.0. The lowest BCUT2D eigenvalue weighted by atomic mass is 10.0. The molecule has 1 atom stereocenters. The minimum Gasteiger partial charge on any atom is -0.506 e. The van der Waals surface area contributed by atoms with Gasteiger partial charge in [-0.1, -0.05) is 6.07 Å². The lowest BCUT2D eigenvalue weighted by Gasteiger charge is -2.23. The van der Waals surface area contributed by atoms with Crippen LogP contribution in [-0.2, 0) is 14.3 Å². The molecular weight excluding hydrogens is 376 g/mol. The van der Waals surface area contributed by atoms with Crippen molar-refractivity contribution in [3.8, 4) is 5.75 Å². The smallest absolute Gasteiger partial charge is 0.357 e. The van der Waals surface area contributed by atoms with Crippen molar-refractivity contribution in [2.75, 3.05) is 13.3 Å². The molecule has 1 aromatic carbocycles. The summed E-state index contributed by atoms with van der Waals surface area (Å²) in [5, 5.41) is 24.2. The van der Waals surface area contributed by atoms with Crippen LogP contribution in [0.3, 0.4) is 0 Å². The number of β-amino-alcohol motifs (C(OH)–C–C–N with tert-alkyl or cyclic N) is 1. The molecule has 0 bridgehead atoms. The SMILES string of the molecule is CC(=O)OCOC(=O)c1cc2c(C(O)CNC(C)(C)C)ccc(O)c2[nH]1.Cl. The summed E-state index contributed by atoms with van der Waals surface area (Å²) in [6.45, 7) is 6.97. The number of aromatic amines is 1. The molecule has 2 aromatic rings. The van der Waals surface area contributed by atoms with Crippen LogP contribution < -0.4 is 5.32 Å². The Morgan fingerprint density at radius 1 is 1.26 bits per heavy atom. The third-order valence-electron chi connectivity index (χ3n) is 3.66. The van der Waals surface area contributed by atoms with Crippen molar-refractivity contribution in [1.82, 2.24) is 10.3 Å². The molecule has 27 heavy (non-hydrogen) atoms. The fourth-order valence-electron chi connectivity index (χ4n) is 2.38. The Kier molecular flexibility index (Phi) is 7.65. The first-order valence-electron chi connectivity index (χ1n) is 8.16. The van der Waals surface area contributed by atoms with Gasteiger partial charge in [-0.15, -0.1) is 12.4 Å². The standard InChI is InChI=1S/C18H24N2O6.ClH/c1-10(21)25-9-26-17(24)13-7-12-11(5-6-14(22)16(12)20-13)15(23)8-19-18(2,3)4;/h5-7,15,19-20,22-23H,8-9H2,1-4H3;1H. The Balaban J connectivity index is 0.00000364. The number of H-pyrrole nitrogens is 1. The summed E-state index contributed by atoms with van der Waals surface area (Å²) in [5.74, 6) is -1.36. The minimum atomic E-state index is -0.835. The van der Waals surface area contributed by atoms with Gasteiger partial charge in [-0.2, -0.15) is 0 Å². The Morgan fingerprint density at radius 2 is 1.93 bits per heavy atom. The van der Waals surface area contributed by atoms with Gasteiger partial charge in [-0.25, -0.2) is 4.79 Å². The molecule has 0 aliphatic carbocycles. The molecule has 0 aliphatic heterocycles. The van der Waals surface area contributed by atoms with E-state index in [9.17, 15) is 19.8 Å². The summed E-state index contributed by atoms with van der Waals surface area (Å²) in [6.07, 6.45) is -0.835. The molecule has 0 saturated heterocycles. The van der Waals surface area contributed by atoms with Crippen LogP contribution in [0.2, 0.25) is 0 Å². The summed E-state index contributed by atoms with van der Waals surface area (Å²) in [7, 11) is 0. The van der Waals surface area contributed by atoms with E-state index in [1.54, 1.807) is 6.07 Å². The van der Waals surface area contributed by atoms with Crippen LogP contribution >= 0.6 is 12.4 Å². The normalized spacial score (nSPS) is 12.3. The minimum absolute atomic E-state index is 0. The lowest BCUT2D eigenvalue weighted by Crippen LogP contribution is -2.38. The summed E-state index contributed by atoms with van der Waals surface area (Å²) in [6, 6.07) is 4.54. The number of carbonyl (C=O) groups excluding carboxylic acids is 2. The van der Waals surface area contributed by atoms with Crippen molar-refractivity contribution in [2.45, 2.75) is 39.3 Å². The number of carbonyl (C=O) groups is 2. The second-order valence-electron chi connectivity index (χ2n) is 6.98. The monoisotopic (exact) mass is 400 g/mol. The van der Waals surface area contributed by atoms with E-state index in [0.29, 0.717) is 23.0 Å². The summed E-state index contributed by atoms with van der Waals surface area (Å²) in [5.41, 5.74) is 0.786. The second kappa shape index (κ2) is 9.07. The maximum atomic E-state index is 12.0. The molecule has 2 rings (SSSR count). The van der Waals surface area contributed by atoms with Crippen LogP contribution in [0, 0.1) is 0 Å².